The largest absolute Gasteiger partial charge is 0.497 e. The molecule has 10 heteroatoms. The summed E-state index contributed by atoms with van der Waals surface area (Å²) in [5.41, 5.74) is 1.48. The Balaban J connectivity index is 1.39. The van der Waals surface area contributed by atoms with Crippen molar-refractivity contribution in [3.8, 4) is 11.5 Å². The Bertz CT molecular complexity index is 1240. The number of anilines is 1. The lowest BCUT2D eigenvalue weighted by Crippen LogP contribution is -2.58. The van der Waals surface area contributed by atoms with E-state index in [4.69, 9.17) is 18.9 Å². The lowest BCUT2D eigenvalue weighted by molar-refractivity contribution is -0.145. The first-order valence-electron chi connectivity index (χ1n) is 15.6. The number of carbonyl (C=O) groups is 3. The highest BCUT2D eigenvalue weighted by atomic mass is 16.6. The van der Waals surface area contributed by atoms with Gasteiger partial charge in [-0.2, -0.15) is 0 Å². The lowest BCUT2D eigenvalue weighted by atomic mass is 9.93. The van der Waals surface area contributed by atoms with E-state index in [9.17, 15) is 14.4 Å². The van der Waals surface area contributed by atoms with Crippen LogP contribution in [0.5, 0.6) is 11.5 Å². The van der Waals surface area contributed by atoms with Gasteiger partial charge in [0.2, 0.25) is 5.91 Å². The van der Waals surface area contributed by atoms with E-state index in [2.05, 4.69) is 4.90 Å². The standard InChI is InChI=1S/C34H47N3O7/c1-6-42-31(38)24-43-29-13-9-27(10-14-29)37-22-21-35(32(39)30(37)23-26-7-11-28(41-5)12-8-26)18-15-25-16-19-36(20-17-25)33(40)44-34(2,3)4/h7-14,25,30H,6,15-24H2,1-5H3. The van der Waals surface area contributed by atoms with Gasteiger partial charge in [-0.25, -0.2) is 9.59 Å². The van der Waals surface area contributed by atoms with Gasteiger partial charge in [-0.05, 0) is 94.8 Å². The second kappa shape index (κ2) is 15.2. The van der Waals surface area contributed by atoms with Gasteiger partial charge in [0.1, 0.15) is 23.1 Å². The van der Waals surface area contributed by atoms with E-state index in [0.29, 0.717) is 57.4 Å². The van der Waals surface area contributed by atoms with Gasteiger partial charge in [0.15, 0.2) is 6.61 Å². The van der Waals surface area contributed by atoms with Gasteiger partial charge >= 0.3 is 12.1 Å². The molecule has 0 saturated carbocycles. The highest BCUT2D eigenvalue weighted by Crippen LogP contribution is 2.28. The highest BCUT2D eigenvalue weighted by Gasteiger charge is 2.36. The Morgan fingerprint density at radius 2 is 1.57 bits per heavy atom. The molecule has 240 valence electrons. The van der Waals surface area contributed by atoms with Crippen molar-refractivity contribution < 1.29 is 33.3 Å². The number of benzene rings is 2. The van der Waals surface area contributed by atoms with Crippen LogP contribution >= 0.6 is 0 Å². The zero-order valence-electron chi connectivity index (χ0n) is 26.8. The van der Waals surface area contributed by atoms with Gasteiger partial charge in [0.25, 0.3) is 0 Å². The van der Waals surface area contributed by atoms with Crippen LogP contribution in [0.1, 0.15) is 52.5 Å². The summed E-state index contributed by atoms with van der Waals surface area (Å²) in [7, 11) is 1.64. The van der Waals surface area contributed by atoms with E-state index in [0.717, 1.165) is 36.3 Å². The summed E-state index contributed by atoms with van der Waals surface area (Å²) < 4.78 is 21.4. The molecule has 0 spiro atoms. The number of rotatable bonds is 11. The van der Waals surface area contributed by atoms with Crippen LogP contribution in [0.15, 0.2) is 48.5 Å². The quantitative estimate of drug-likeness (QED) is 0.331. The van der Waals surface area contributed by atoms with Crippen LogP contribution in [0.4, 0.5) is 10.5 Å². The Morgan fingerprint density at radius 1 is 0.909 bits per heavy atom. The van der Waals surface area contributed by atoms with Gasteiger partial charge in [-0.1, -0.05) is 12.1 Å². The molecule has 0 bridgehead atoms. The minimum absolute atomic E-state index is 0.112. The predicted molar refractivity (Wildman–Crippen MR) is 168 cm³/mol. The van der Waals surface area contributed by atoms with Crippen LogP contribution < -0.4 is 14.4 Å². The fourth-order valence-corrected chi connectivity index (χ4v) is 5.70. The smallest absolute Gasteiger partial charge is 0.410 e. The number of piperidine rings is 1. The average molecular weight is 610 g/mol. The summed E-state index contributed by atoms with van der Waals surface area (Å²) in [6.45, 7) is 11.0. The maximum atomic E-state index is 14.0. The topological polar surface area (TPSA) is 97.9 Å². The second-order valence-corrected chi connectivity index (χ2v) is 12.4. The van der Waals surface area contributed by atoms with Crippen molar-refractivity contribution in [1.82, 2.24) is 9.80 Å². The van der Waals surface area contributed by atoms with Crippen molar-refractivity contribution in [3.05, 3.63) is 54.1 Å². The monoisotopic (exact) mass is 609 g/mol. The number of nitrogens with zero attached hydrogens (tertiary/aromatic N) is 3. The molecule has 10 nitrogen and oxygen atoms in total. The first kappa shape index (κ1) is 33.0. The molecule has 0 aromatic heterocycles. The summed E-state index contributed by atoms with van der Waals surface area (Å²) in [4.78, 5) is 44.1. The Morgan fingerprint density at radius 3 is 2.18 bits per heavy atom. The molecule has 2 fully saturated rings. The van der Waals surface area contributed by atoms with Crippen molar-refractivity contribution in [1.29, 1.82) is 0 Å². The number of hydrogen-bond donors (Lipinski definition) is 0. The summed E-state index contributed by atoms with van der Waals surface area (Å²) in [5.74, 6) is 1.50. The lowest BCUT2D eigenvalue weighted by Gasteiger charge is -2.43. The van der Waals surface area contributed by atoms with E-state index < -0.39 is 11.6 Å². The summed E-state index contributed by atoms with van der Waals surface area (Å²) >= 11 is 0. The van der Waals surface area contributed by atoms with Crippen LogP contribution in [0.25, 0.3) is 0 Å². The van der Waals surface area contributed by atoms with E-state index in [1.807, 2.05) is 74.2 Å². The molecule has 2 aromatic carbocycles. The molecule has 2 heterocycles. The first-order valence-corrected chi connectivity index (χ1v) is 15.6. The average Bonchev–Trinajstić information content (AvgIpc) is 3.00. The van der Waals surface area contributed by atoms with Crippen molar-refractivity contribution in [3.63, 3.8) is 0 Å². The third kappa shape index (κ3) is 9.27. The third-order valence-corrected chi connectivity index (χ3v) is 8.08. The number of hydrogen-bond acceptors (Lipinski definition) is 8. The molecule has 2 saturated heterocycles. The second-order valence-electron chi connectivity index (χ2n) is 12.4. The molecule has 1 unspecified atom stereocenters. The van der Waals surface area contributed by atoms with Gasteiger partial charge in [-0.15, -0.1) is 0 Å². The first-order chi connectivity index (χ1) is 21.1. The Hall–Kier alpha value is -3.95. The van der Waals surface area contributed by atoms with Crippen LogP contribution in [0, 0.1) is 5.92 Å². The number of esters is 1. The maximum Gasteiger partial charge on any atom is 0.410 e. The molecular formula is C34H47N3O7. The molecule has 44 heavy (non-hydrogen) atoms. The molecule has 4 rings (SSSR count). The number of amides is 2. The summed E-state index contributed by atoms with van der Waals surface area (Å²) in [5, 5.41) is 0. The maximum absolute atomic E-state index is 14.0. The van der Waals surface area contributed by atoms with E-state index in [-0.39, 0.29) is 24.6 Å². The predicted octanol–water partition coefficient (Wildman–Crippen LogP) is 4.93. The highest BCUT2D eigenvalue weighted by molar-refractivity contribution is 5.87. The van der Waals surface area contributed by atoms with Crippen LogP contribution in [0.2, 0.25) is 0 Å². The fraction of sp³-hybridized carbons (Fsp3) is 0.559. The number of methoxy groups -OCH3 is 1. The molecular weight excluding hydrogens is 562 g/mol. The summed E-state index contributed by atoms with van der Waals surface area (Å²) in [6.07, 6.45) is 3.05. The third-order valence-electron chi connectivity index (χ3n) is 8.08. The van der Waals surface area contributed by atoms with Crippen LogP contribution in [-0.4, -0.2) is 92.5 Å². The van der Waals surface area contributed by atoms with Gasteiger partial charge in [0.05, 0.1) is 13.7 Å². The molecule has 2 aliphatic heterocycles. The molecule has 0 aliphatic carbocycles. The van der Waals surface area contributed by atoms with E-state index >= 15 is 0 Å². The van der Waals surface area contributed by atoms with Gasteiger partial charge in [0, 0.05) is 44.8 Å². The van der Waals surface area contributed by atoms with E-state index in [1.165, 1.54) is 0 Å². The SMILES string of the molecule is CCOC(=O)COc1ccc(N2CCN(CCC3CCN(C(=O)OC(C)(C)C)CC3)C(=O)C2Cc2ccc(OC)cc2)cc1. The molecule has 2 aliphatic rings. The zero-order chi connectivity index (χ0) is 31.7. The number of ether oxygens (including phenoxy) is 4. The van der Waals surface area contributed by atoms with Crippen molar-refractivity contribution in [2.45, 2.75) is 65.0 Å². The normalized spacial score (nSPS) is 17.8. The molecule has 1 atom stereocenters. The van der Waals surface area contributed by atoms with E-state index in [1.54, 1.807) is 18.9 Å². The molecule has 0 radical (unpaired) electrons. The number of carbonyl (C=O) groups excluding carboxylic acids is 3. The van der Waals surface area contributed by atoms with Gasteiger partial charge < -0.3 is 33.6 Å². The van der Waals surface area contributed by atoms with Crippen LogP contribution in [-0.2, 0) is 25.5 Å². The summed E-state index contributed by atoms with van der Waals surface area (Å²) in [6, 6.07) is 15.0. The van der Waals surface area contributed by atoms with Crippen molar-refractivity contribution in [2.24, 2.45) is 5.92 Å². The van der Waals surface area contributed by atoms with Crippen molar-refractivity contribution >= 4 is 23.7 Å². The molecule has 2 amide bonds. The molecule has 2 aromatic rings. The van der Waals surface area contributed by atoms with Crippen molar-refractivity contribution in [2.75, 3.05) is 57.9 Å². The Kier molecular flexibility index (Phi) is 11.4. The minimum atomic E-state index is -0.501. The Labute approximate surface area is 261 Å². The molecule has 0 N–H and O–H groups in total. The van der Waals surface area contributed by atoms with Crippen LogP contribution in [0.3, 0.4) is 0 Å². The van der Waals surface area contributed by atoms with Gasteiger partial charge in [-0.3, -0.25) is 4.79 Å². The fourth-order valence-electron chi connectivity index (χ4n) is 5.70. The number of likely N-dealkylation sites (tertiary alicyclic amines) is 1. The zero-order valence-corrected chi connectivity index (χ0v) is 26.8. The minimum Gasteiger partial charge on any atom is -0.497 e. The number of piperazine rings is 1.